The van der Waals surface area contributed by atoms with E-state index in [9.17, 15) is 14.7 Å². The molecule has 3 aromatic rings. The fourth-order valence-electron chi connectivity index (χ4n) is 3.23. The predicted molar refractivity (Wildman–Crippen MR) is 115 cm³/mol. The molecule has 0 atom stereocenters. The highest BCUT2D eigenvalue weighted by atomic mass is 16.5. The third-order valence-corrected chi connectivity index (χ3v) is 4.58. The van der Waals surface area contributed by atoms with E-state index in [0.29, 0.717) is 23.0 Å². The first-order valence-corrected chi connectivity index (χ1v) is 9.67. The lowest BCUT2D eigenvalue weighted by atomic mass is 10.0. The summed E-state index contributed by atoms with van der Waals surface area (Å²) in [4.78, 5) is 24.7. The van der Waals surface area contributed by atoms with Gasteiger partial charge in [-0.1, -0.05) is 26.0 Å². The largest absolute Gasteiger partial charge is 0.497 e. The van der Waals surface area contributed by atoms with Gasteiger partial charge in [-0.3, -0.25) is 4.79 Å². The molecule has 3 rings (SSSR count). The fourth-order valence-corrected chi connectivity index (χ4v) is 3.23. The van der Waals surface area contributed by atoms with Gasteiger partial charge in [-0.05, 0) is 61.2 Å². The maximum absolute atomic E-state index is 12.9. The molecule has 0 radical (unpaired) electrons. The first-order chi connectivity index (χ1) is 14.3. The van der Waals surface area contributed by atoms with Crippen molar-refractivity contribution < 1.29 is 19.4 Å². The van der Waals surface area contributed by atoms with Gasteiger partial charge in [0.25, 0.3) is 5.91 Å². The number of carboxylic acid groups (broad SMARTS) is 1. The molecule has 156 valence electrons. The molecule has 1 heterocycles. The molecule has 0 spiro atoms. The molecule has 7 nitrogen and oxygen atoms in total. The molecule has 0 fully saturated rings. The van der Waals surface area contributed by atoms with E-state index >= 15 is 0 Å². The minimum atomic E-state index is -1.14. The van der Waals surface area contributed by atoms with E-state index in [1.807, 2.05) is 24.3 Å². The molecule has 0 aliphatic carbocycles. The number of methoxy groups -OCH3 is 1. The summed E-state index contributed by atoms with van der Waals surface area (Å²) >= 11 is 0. The Hall–Kier alpha value is -3.61. The van der Waals surface area contributed by atoms with E-state index in [-0.39, 0.29) is 22.9 Å². The minimum Gasteiger partial charge on any atom is -0.497 e. The number of carbonyl (C=O) groups is 2. The molecule has 0 unspecified atom stereocenters. The lowest BCUT2D eigenvalue weighted by Gasteiger charge is -2.12. The summed E-state index contributed by atoms with van der Waals surface area (Å²) in [7, 11) is 1.46. The van der Waals surface area contributed by atoms with Crippen molar-refractivity contribution in [3.63, 3.8) is 0 Å². The third kappa shape index (κ3) is 4.68. The summed E-state index contributed by atoms with van der Waals surface area (Å²) in [6, 6.07) is 13.9. The van der Waals surface area contributed by atoms with E-state index in [2.05, 4.69) is 24.3 Å². The number of carboxylic acids is 1. The van der Waals surface area contributed by atoms with Crippen LogP contribution < -0.4 is 10.1 Å². The Morgan fingerprint density at radius 1 is 1.13 bits per heavy atom. The molecule has 7 heteroatoms. The SMILES string of the molecule is COc1ccc(-n2nc(C)cc2C(=O)Nc2ccc(CC(C)C)cc2)c(C(=O)O)c1. The zero-order valence-electron chi connectivity index (χ0n) is 17.5. The first-order valence-electron chi connectivity index (χ1n) is 9.67. The zero-order valence-corrected chi connectivity index (χ0v) is 17.5. The smallest absolute Gasteiger partial charge is 0.338 e. The molecular formula is C23H25N3O4. The van der Waals surface area contributed by atoms with Crippen LogP contribution in [-0.2, 0) is 6.42 Å². The number of aromatic carboxylic acids is 1. The number of benzene rings is 2. The summed E-state index contributed by atoms with van der Waals surface area (Å²) in [5.41, 5.74) is 2.98. The average Bonchev–Trinajstić information content (AvgIpc) is 3.10. The Morgan fingerprint density at radius 3 is 2.43 bits per heavy atom. The summed E-state index contributed by atoms with van der Waals surface area (Å²) in [6.45, 7) is 6.06. The van der Waals surface area contributed by atoms with Crippen LogP contribution in [0.3, 0.4) is 0 Å². The van der Waals surface area contributed by atoms with Gasteiger partial charge in [0, 0.05) is 5.69 Å². The zero-order chi connectivity index (χ0) is 21.8. The van der Waals surface area contributed by atoms with Gasteiger partial charge in [0.1, 0.15) is 11.4 Å². The normalized spacial score (nSPS) is 10.8. The Balaban J connectivity index is 1.92. The summed E-state index contributed by atoms with van der Waals surface area (Å²) < 4.78 is 6.47. The monoisotopic (exact) mass is 407 g/mol. The standard InChI is InChI=1S/C23H25N3O4/c1-14(2)11-16-5-7-17(8-6-16)24-22(27)21-12-15(3)25-26(21)20-10-9-18(30-4)13-19(20)23(28)29/h5-10,12-14H,11H2,1-4H3,(H,24,27)(H,28,29). The van der Waals surface area contributed by atoms with Gasteiger partial charge in [-0.25, -0.2) is 9.48 Å². The van der Waals surface area contributed by atoms with E-state index in [4.69, 9.17) is 4.74 Å². The molecule has 0 aliphatic rings. The molecule has 0 saturated heterocycles. The van der Waals surface area contributed by atoms with Gasteiger partial charge in [0.15, 0.2) is 0 Å². The number of amides is 1. The van der Waals surface area contributed by atoms with Crippen LogP contribution >= 0.6 is 0 Å². The number of hydrogen-bond acceptors (Lipinski definition) is 4. The topological polar surface area (TPSA) is 93.5 Å². The second-order valence-corrected chi connectivity index (χ2v) is 7.52. The lowest BCUT2D eigenvalue weighted by Crippen LogP contribution is -2.18. The van der Waals surface area contributed by atoms with Crippen LogP contribution in [0.25, 0.3) is 5.69 Å². The molecule has 2 aromatic carbocycles. The van der Waals surface area contributed by atoms with Crippen molar-refractivity contribution in [1.29, 1.82) is 0 Å². The van der Waals surface area contributed by atoms with Crippen molar-refractivity contribution in [1.82, 2.24) is 9.78 Å². The fraction of sp³-hybridized carbons (Fsp3) is 0.261. The van der Waals surface area contributed by atoms with Gasteiger partial charge in [0.2, 0.25) is 0 Å². The maximum Gasteiger partial charge on any atom is 0.338 e. The molecule has 0 saturated carbocycles. The highest BCUT2D eigenvalue weighted by Gasteiger charge is 2.21. The average molecular weight is 407 g/mol. The van der Waals surface area contributed by atoms with Crippen LogP contribution in [0.1, 0.15) is 46.0 Å². The van der Waals surface area contributed by atoms with E-state index in [0.717, 1.165) is 6.42 Å². The number of aryl methyl sites for hydroxylation is 1. The first kappa shape index (κ1) is 21.1. The third-order valence-electron chi connectivity index (χ3n) is 4.58. The van der Waals surface area contributed by atoms with Gasteiger partial charge < -0.3 is 15.2 Å². The molecule has 0 aliphatic heterocycles. The van der Waals surface area contributed by atoms with Crippen molar-refractivity contribution in [3.8, 4) is 11.4 Å². The molecular weight excluding hydrogens is 382 g/mol. The Labute approximate surface area is 175 Å². The van der Waals surface area contributed by atoms with Crippen molar-refractivity contribution in [3.05, 3.63) is 71.0 Å². The van der Waals surface area contributed by atoms with Gasteiger partial charge in [0.05, 0.1) is 24.1 Å². The minimum absolute atomic E-state index is 0.00969. The van der Waals surface area contributed by atoms with Gasteiger partial charge >= 0.3 is 5.97 Å². The van der Waals surface area contributed by atoms with Crippen LogP contribution in [0.4, 0.5) is 5.69 Å². The summed E-state index contributed by atoms with van der Waals surface area (Å²) in [5.74, 6) is -0.549. The molecule has 30 heavy (non-hydrogen) atoms. The second-order valence-electron chi connectivity index (χ2n) is 7.52. The van der Waals surface area contributed by atoms with E-state index in [1.54, 1.807) is 25.1 Å². The summed E-state index contributed by atoms with van der Waals surface area (Å²) in [5, 5.41) is 16.8. The number of ether oxygens (including phenoxy) is 1. The predicted octanol–water partition coefficient (Wildman–Crippen LogP) is 4.34. The number of anilines is 1. The highest BCUT2D eigenvalue weighted by molar-refractivity contribution is 6.04. The number of nitrogens with zero attached hydrogens (tertiary/aromatic N) is 2. The number of nitrogens with one attached hydrogen (secondary N) is 1. The summed E-state index contributed by atoms with van der Waals surface area (Å²) in [6.07, 6.45) is 0.968. The number of hydrogen-bond donors (Lipinski definition) is 2. The number of rotatable bonds is 7. The van der Waals surface area contributed by atoms with Crippen molar-refractivity contribution in [2.45, 2.75) is 27.2 Å². The lowest BCUT2D eigenvalue weighted by molar-refractivity contribution is 0.0695. The number of aromatic nitrogens is 2. The van der Waals surface area contributed by atoms with Gasteiger partial charge in [-0.15, -0.1) is 0 Å². The van der Waals surface area contributed by atoms with Crippen molar-refractivity contribution in [2.24, 2.45) is 5.92 Å². The Morgan fingerprint density at radius 2 is 1.83 bits per heavy atom. The molecule has 1 aromatic heterocycles. The quantitative estimate of drug-likeness (QED) is 0.608. The van der Waals surface area contributed by atoms with E-state index in [1.165, 1.54) is 23.4 Å². The Kier molecular flexibility index (Phi) is 6.20. The van der Waals surface area contributed by atoms with Gasteiger partial charge in [-0.2, -0.15) is 5.10 Å². The van der Waals surface area contributed by atoms with Crippen molar-refractivity contribution in [2.75, 3.05) is 12.4 Å². The second kappa shape index (κ2) is 8.82. The van der Waals surface area contributed by atoms with Crippen LogP contribution in [0, 0.1) is 12.8 Å². The molecule has 1 amide bonds. The molecule has 0 bridgehead atoms. The highest BCUT2D eigenvalue weighted by Crippen LogP contribution is 2.23. The molecule has 2 N–H and O–H groups in total. The number of carbonyl (C=O) groups excluding carboxylic acids is 1. The van der Waals surface area contributed by atoms with Crippen molar-refractivity contribution >= 4 is 17.6 Å². The van der Waals surface area contributed by atoms with Crippen LogP contribution in [-0.4, -0.2) is 33.9 Å². The van der Waals surface area contributed by atoms with Crippen LogP contribution in [0.5, 0.6) is 5.75 Å². The maximum atomic E-state index is 12.9. The Bertz CT molecular complexity index is 1070. The van der Waals surface area contributed by atoms with E-state index < -0.39 is 5.97 Å². The van der Waals surface area contributed by atoms with Crippen LogP contribution in [0.2, 0.25) is 0 Å². The van der Waals surface area contributed by atoms with Crippen LogP contribution in [0.15, 0.2) is 48.5 Å².